The molecule has 0 spiro atoms. The van der Waals surface area contributed by atoms with Gasteiger partial charge in [0, 0.05) is 36.6 Å². The van der Waals surface area contributed by atoms with Crippen LogP contribution in [-0.2, 0) is 13.0 Å². The third kappa shape index (κ3) is 3.25. The topological polar surface area (TPSA) is 61.9 Å². The highest BCUT2D eigenvalue weighted by Crippen LogP contribution is 2.18. The fraction of sp³-hybridized carbons (Fsp3) is 0.471. The molecule has 0 radical (unpaired) electrons. The van der Waals surface area contributed by atoms with Crippen LogP contribution in [0.15, 0.2) is 29.3 Å². The lowest BCUT2D eigenvalue weighted by Gasteiger charge is -2.28. The van der Waals surface area contributed by atoms with E-state index in [1.54, 1.807) is 12.4 Å². The molecule has 1 N–H and O–H groups in total. The van der Waals surface area contributed by atoms with Crippen LogP contribution in [0.4, 0.5) is 0 Å². The zero-order valence-electron chi connectivity index (χ0n) is 13.2. The van der Waals surface area contributed by atoms with E-state index in [0.29, 0.717) is 11.7 Å². The summed E-state index contributed by atoms with van der Waals surface area (Å²) in [7, 11) is 0. The van der Waals surface area contributed by atoms with Crippen LogP contribution in [-0.4, -0.2) is 32.9 Å². The zero-order chi connectivity index (χ0) is 15.5. The van der Waals surface area contributed by atoms with Gasteiger partial charge in [-0.25, -0.2) is 4.98 Å². The minimum Gasteiger partial charge on any atom is -0.306 e. The summed E-state index contributed by atoms with van der Waals surface area (Å²) in [6.07, 6.45) is 5.38. The standard InChI is InChI=1S/C17H22N4O/c1-12(2)5-9-21-10-6-14-15(11-21)19-16(20-17(14)22)13-3-7-18-8-4-13/h3-4,7-8,12H,5-6,9-11H2,1-2H3,(H,19,20,22). The predicted octanol–water partition coefficient (Wildman–Crippen LogP) is 2.24. The highest BCUT2D eigenvalue weighted by Gasteiger charge is 2.21. The number of hydrogen-bond acceptors (Lipinski definition) is 4. The Kier molecular flexibility index (Phi) is 4.34. The Hall–Kier alpha value is -2.01. The molecular formula is C17H22N4O. The first kappa shape index (κ1) is 14.9. The average Bonchev–Trinajstić information content (AvgIpc) is 2.53. The summed E-state index contributed by atoms with van der Waals surface area (Å²) in [4.78, 5) is 26.3. The van der Waals surface area contributed by atoms with Crippen LogP contribution in [0.2, 0.25) is 0 Å². The molecular weight excluding hydrogens is 276 g/mol. The minimum atomic E-state index is 0.000298. The molecule has 5 nitrogen and oxygen atoms in total. The Morgan fingerprint density at radius 3 is 2.82 bits per heavy atom. The molecule has 0 amide bonds. The third-order valence-corrected chi connectivity index (χ3v) is 4.13. The lowest BCUT2D eigenvalue weighted by atomic mass is 10.0. The van der Waals surface area contributed by atoms with Crippen molar-refractivity contribution < 1.29 is 0 Å². The summed E-state index contributed by atoms with van der Waals surface area (Å²) in [5, 5.41) is 0. The van der Waals surface area contributed by atoms with Crippen LogP contribution in [0, 0.1) is 5.92 Å². The molecule has 0 aliphatic carbocycles. The van der Waals surface area contributed by atoms with Crippen LogP contribution in [0.25, 0.3) is 11.4 Å². The van der Waals surface area contributed by atoms with Gasteiger partial charge < -0.3 is 4.98 Å². The Bertz CT molecular complexity index is 694. The fourth-order valence-electron chi connectivity index (χ4n) is 2.77. The molecule has 1 aliphatic rings. The number of nitrogens with zero attached hydrogens (tertiary/aromatic N) is 3. The number of rotatable bonds is 4. The molecule has 2 aromatic heterocycles. The average molecular weight is 298 g/mol. The highest BCUT2D eigenvalue weighted by atomic mass is 16.1. The van der Waals surface area contributed by atoms with E-state index in [2.05, 4.69) is 28.7 Å². The third-order valence-electron chi connectivity index (χ3n) is 4.13. The Morgan fingerprint density at radius 1 is 1.32 bits per heavy atom. The number of fused-ring (bicyclic) bond motifs is 1. The van der Waals surface area contributed by atoms with Gasteiger partial charge in [-0.05, 0) is 37.4 Å². The second kappa shape index (κ2) is 6.40. The lowest BCUT2D eigenvalue weighted by molar-refractivity contribution is 0.235. The van der Waals surface area contributed by atoms with Gasteiger partial charge in [0.2, 0.25) is 0 Å². The van der Waals surface area contributed by atoms with E-state index in [1.807, 2.05) is 12.1 Å². The van der Waals surface area contributed by atoms with Crippen molar-refractivity contribution in [3.63, 3.8) is 0 Å². The molecule has 1 aliphatic heterocycles. The van der Waals surface area contributed by atoms with Gasteiger partial charge in [-0.15, -0.1) is 0 Å². The van der Waals surface area contributed by atoms with Gasteiger partial charge in [0.1, 0.15) is 5.82 Å². The highest BCUT2D eigenvalue weighted by molar-refractivity contribution is 5.54. The molecule has 22 heavy (non-hydrogen) atoms. The first-order valence-corrected chi connectivity index (χ1v) is 7.88. The summed E-state index contributed by atoms with van der Waals surface area (Å²) in [5.41, 5.74) is 2.67. The molecule has 3 rings (SSSR count). The van der Waals surface area contributed by atoms with Gasteiger partial charge in [-0.3, -0.25) is 14.7 Å². The molecule has 3 heterocycles. The summed E-state index contributed by atoms with van der Waals surface area (Å²) in [6.45, 7) is 7.25. The van der Waals surface area contributed by atoms with Crippen LogP contribution < -0.4 is 5.56 Å². The van der Waals surface area contributed by atoms with Gasteiger partial charge in [0.05, 0.1) is 5.69 Å². The molecule has 0 atom stereocenters. The van der Waals surface area contributed by atoms with E-state index in [1.165, 1.54) is 6.42 Å². The van der Waals surface area contributed by atoms with E-state index >= 15 is 0 Å². The lowest BCUT2D eigenvalue weighted by Crippen LogP contribution is -2.36. The second-order valence-electron chi connectivity index (χ2n) is 6.28. The van der Waals surface area contributed by atoms with E-state index in [0.717, 1.165) is 42.9 Å². The van der Waals surface area contributed by atoms with Gasteiger partial charge in [-0.1, -0.05) is 13.8 Å². The van der Waals surface area contributed by atoms with E-state index < -0.39 is 0 Å². The maximum Gasteiger partial charge on any atom is 0.254 e. The van der Waals surface area contributed by atoms with Gasteiger partial charge in [-0.2, -0.15) is 0 Å². The monoisotopic (exact) mass is 298 g/mol. The Labute approximate surface area is 130 Å². The number of aromatic nitrogens is 3. The van der Waals surface area contributed by atoms with E-state index in [-0.39, 0.29) is 5.56 Å². The number of pyridine rings is 1. The predicted molar refractivity (Wildman–Crippen MR) is 86.5 cm³/mol. The van der Waals surface area contributed by atoms with Gasteiger partial charge in [0.25, 0.3) is 5.56 Å². The van der Waals surface area contributed by atoms with Crippen molar-refractivity contribution in [2.75, 3.05) is 13.1 Å². The summed E-state index contributed by atoms with van der Waals surface area (Å²) in [6, 6.07) is 3.73. The van der Waals surface area contributed by atoms with Crippen LogP contribution in [0.5, 0.6) is 0 Å². The van der Waals surface area contributed by atoms with Crippen molar-refractivity contribution in [3.05, 3.63) is 46.1 Å². The molecule has 0 saturated carbocycles. The smallest absolute Gasteiger partial charge is 0.254 e. The minimum absolute atomic E-state index is 0.000298. The molecule has 0 bridgehead atoms. The Balaban J connectivity index is 1.86. The van der Waals surface area contributed by atoms with Crippen molar-refractivity contribution >= 4 is 0 Å². The number of nitrogens with one attached hydrogen (secondary N) is 1. The molecule has 0 unspecified atom stereocenters. The molecule has 116 valence electrons. The zero-order valence-corrected chi connectivity index (χ0v) is 13.2. The van der Waals surface area contributed by atoms with E-state index in [4.69, 9.17) is 4.98 Å². The Morgan fingerprint density at radius 2 is 2.09 bits per heavy atom. The molecule has 5 heteroatoms. The molecule has 0 aromatic carbocycles. The van der Waals surface area contributed by atoms with Crippen molar-refractivity contribution in [1.82, 2.24) is 19.9 Å². The van der Waals surface area contributed by atoms with Crippen molar-refractivity contribution in [2.24, 2.45) is 5.92 Å². The summed E-state index contributed by atoms with van der Waals surface area (Å²) in [5.74, 6) is 1.33. The fourth-order valence-corrected chi connectivity index (χ4v) is 2.77. The maximum atomic E-state index is 12.3. The van der Waals surface area contributed by atoms with Crippen LogP contribution in [0.1, 0.15) is 31.5 Å². The SMILES string of the molecule is CC(C)CCN1CCc2c(nc(-c3ccncc3)[nH]c2=O)C1. The molecule has 0 fully saturated rings. The van der Waals surface area contributed by atoms with Crippen molar-refractivity contribution in [3.8, 4) is 11.4 Å². The van der Waals surface area contributed by atoms with Crippen LogP contribution >= 0.6 is 0 Å². The van der Waals surface area contributed by atoms with Crippen LogP contribution in [0.3, 0.4) is 0 Å². The quantitative estimate of drug-likeness (QED) is 0.940. The normalized spacial score (nSPS) is 15.0. The molecule has 2 aromatic rings. The first-order valence-electron chi connectivity index (χ1n) is 7.88. The number of hydrogen-bond donors (Lipinski definition) is 1. The maximum absolute atomic E-state index is 12.3. The number of H-pyrrole nitrogens is 1. The summed E-state index contributed by atoms with van der Waals surface area (Å²) >= 11 is 0. The first-order chi connectivity index (χ1) is 10.6. The number of aromatic amines is 1. The molecule has 0 saturated heterocycles. The van der Waals surface area contributed by atoms with Crippen molar-refractivity contribution in [1.29, 1.82) is 0 Å². The van der Waals surface area contributed by atoms with Crippen molar-refractivity contribution in [2.45, 2.75) is 33.2 Å². The summed E-state index contributed by atoms with van der Waals surface area (Å²) < 4.78 is 0. The van der Waals surface area contributed by atoms with Gasteiger partial charge in [0.15, 0.2) is 0 Å². The second-order valence-corrected chi connectivity index (χ2v) is 6.28. The van der Waals surface area contributed by atoms with Gasteiger partial charge >= 0.3 is 0 Å². The largest absolute Gasteiger partial charge is 0.306 e. The van der Waals surface area contributed by atoms with E-state index in [9.17, 15) is 4.79 Å².